The number of rotatable bonds is 4. The molecule has 0 amide bonds. The van der Waals surface area contributed by atoms with Crippen LogP contribution in [0.15, 0.2) is 24.3 Å². The Morgan fingerprint density at radius 2 is 1.87 bits per heavy atom. The SMILES string of the molecule is Cc1ccc(CN(C)C(C)C2CC2)cc1. The predicted molar refractivity (Wildman–Crippen MR) is 64.8 cm³/mol. The molecule has 1 saturated carbocycles. The topological polar surface area (TPSA) is 3.24 Å². The van der Waals surface area contributed by atoms with E-state index >= 15 is 0 Å². The van der Waals surface area contributed by atoms with E-state index in [4.69, 9.17) is 0 Å². The van der Waals surface area contributed by atoms with Crippen LogP contribution in [0, 0.1) is 12.8 Å². The van der Waals surface area contributed by atoms with Crippen molar-refractivity contribution < 1.29 is 0 Å². The van der Waals surface area contributed by atoms with Crippen LogP contribution in [0.5, 0.6) is 0 Å². The summed E-state index contributed by atoms with van der Waals surface area (Å²) in [5.74, 6) is 0.959. The normalized spacial score (nSPS) is 18.1. The van der Waals surface area contributed by atoms with Gasteiger partial charge in [0.15, 0.2) is 0 Å². The van der Waals surface area contributed by atoms with Gasteiger partial charge in [-0.2, -0.15) is 0 Å². The highest BCUT2D eigenvalue weighted by atomic mass is 15.1. The zero-order valence-electron chi connectivity index (χ0n) is 10.0. The molecule has 0 aliphatic heterocycles. The van der Waals surface area contributed by atoms with Crippen LogP contribution < -0.4 is 0 Å². The third-order valence-corrected chi connectivity index (χ3v) is 3.55. The van der Waals surface area contributed by atoms with Gasteiger partial charge in [0.2, 0.25) is 0 Å². The molecule has 1 unspecified atom stereocenters. The minimum absolute atomic E-state index is 0.742. The Hall–Kier alpha value is -0.820. The van der Waals surface area contributed by atoms with Crippen LogP contribution in [0.1, 0.15) is 30.9 Å². The molecule has 15 heavy (non-hydrogen) atoms. The lowest BCUT2D eigenvalue weighted by molar-refractivity contribution is 0.226. The molecule has 82 valence electrons. The van der Waals surface area contributed by atoms with Gasteiger partial charge in [0, 0.05) is 12.6 Å². The average molecular weight is 203 g/mol. The van der Waals surface area contributed by atoms with Crippen molar-refractivity contribution in [3.63, 3.8) is 0 Å². The van der Waals surface area contributed by atoms with E-state index in [0.29, 0.717) is 0 Å². The number of hydrogen-bond donors (Lipinski definition) is 0. The van der Waals surface area contributed by atoms with Crippen molar-refractivity contribution in [2.45, 2.75) is 39.3 Å². The highest BCUT2D eigenvalue weighted by Crippen LogP contribution is 2.35. The number of aryl methyl sites for hydroxylation is 1. The molecule has 0 heterocycles. The van der Waals surface area contributed by atoms with E-state index in [-0.39, 0.29) is 0 Å². The van der Waals surface area contributed by atoms with Gasteiger partial charge in [0.1, 0.15) is 0 Å². The highest BCUT2D eigenvalue weighted by Gasteiger charge is 2.30. The molecule has 1 atom stereocenters. The molecular weight excluding hydrogens is 182 g/mol. The first-order valence-electron chi connectivity index (χ1n) is 5.92. The molecule has 1 nitrogen and oxygen atoms in total. The van der Waals surface area contributed by atoms with Crippen molar-refractivity contribution in [3.8, 4) is 0 Å². The van der Waals surface area contributed by atoms with Crippen LogP contribution in [-0.4, -0.2) is 18.0 Å². The Morgan fingerprint density at radius 3 is 2.40 bits per heavy atom. The zero-order valence-corrected chi connectivity index (χ0v) is 10.0. The van der Waals surface area contributed by atoms with Gasteiger partial charge in [0.25, 0.3) is 0 Å². The summed E-state index contributed by atoms with van der Waals surface area (Å²) >= 11 is 0. The molecule has 1 aliphatic carbocycles. The maximum absolute atomic E-state index is 2.47. The minimum atomic E-state index is 0.742. The summed E-state index contributed by atoms with van der Waals surface area (Å²) in [6, 6.07) is 9.62. The molecule has 0 saturated heterocycles. The van der Waals surface area contributed by atoms with Gasteiger partial charge in [0.05, 0.1) is 0 Å². The van der Waals surface area contributed by atoms with Gasteiger partial charge in [-0.1, -0.05) is 29.8 Å². The smallest absolute Gasteiger partial charge is 0.0233 e. The molecule has 1 aliphatic rings. The molecular formula is C14H21N. The minimum Gasteiger partial charge on any atom is -0.299 e. The summed E-state index contributed by atoms with van der Waals surface area (Å²) in [6.07, 6.45) is 2.86. The molecule has 1 heteroatoms. The van der Waals surface area contributed by atoms with Crippen LogP contribution in [0.4, 0.5) is 0 Å². The van der Waals surface area contributed by atoms with Crippen LogP contribution in [0.25, 0.3) is 0 Å². The van der Waals surface area contributed by atoms with Gasteiger partial charge >= 0.3 is 0 Å². The fourth-order valence-corrected chi connectivity index (χ4v) is 2.06. The van der Waals surface area contributed by atoms with Gasteiger partial charge in [-0.05, 0) is 45.2 Å². The molecule has 0 bridgehead atoms. The Bertz CT molecular complexity index is 311. The van der Waals surface area contributed by atoms with E-state index in [1.54, 1.807) is 0 Å². The maximum Gasteiger partial charge on any atom is 0.0233 e. The summed E-state index contributed by atoms with van der Waals surface area (Å²) in [4.78, 5) is 2.47. The molecule has 0 aromatic heterocycles. The van der Waals surface area contributed by atoms with Crippen molar-refractivity contribution in [1.29, 1.82) is 0 Å². The van der Waals surface area contributed by atoms with Gasteiger partial charge in [-0.15, -0.1) is 0 Å². The first-order chi connectivity index (χ1) is 7.16. The van der Waals surface area contributed by atoms with E-state index in [2.05, 4.69) is 50.1 Å². The van der Waals surface area contributed by atoms with Crippen molar-refractivity contribution in [2.24, 2.45) is 5.92 Å². The first-order valence-corrected chi connectivity index (χ1v) is 5.92. The quantitative estimate of drug-likeness (QED) is 0.726. The second-order valence-corrected chi connectivity index (χ2v) is 4.98. The lowest BCUT2D eigenvalue weighted by Gasteiger charge is -2.24. The molecule has 1 aromatic carbocycles. The van der Waals surface area contributed by atoms with E-state index in [1.807, 2.05) is 0 Å². The predicted octanol–water partition coefficient (Wildman–Crippen LogP) is 3.23. The standard InChI is InChI=1S/C14H21N/c1-11-4-6-13(7-5-11)10-15(3)12(2)14-8-9-14/h4-7,12,14H,8-10H2,1-3H3. The van der Waals surface area contributed by atoms with Gasteiger partial charge < -0.3 is 0 Å². The Kier molecular flexibility index (Phi) is 3.11. The van der Waals surface area contributed by atoms with E-state index in [9.17, 15) is 0 Å². The van der Waals surface area contributed by atoms with Crippen LogP contribution in [0.3, 0.4) is 0 Å². The lowest BCUT2D eigenvalue weighted by Crippen LogP contribution is -2.30. The molecule has 1 fully saturated rings. The summed E-state index contributed by atoms with van der Waals surface area (Å²) in [6.45, 7) is 5.57. The maximum atomic E-state index is 2.47. The number of hydrogen-bond acceptors (Lipinski definition) is 1. The fraction of sp³-hybridized carbons (Fsp3) is 0.571. The second kappa shape index (κ2) is 4.36. The fourth-order valence-electron chi connectivity index (χ4n) is 2.06. The third-order valence-electron chi connectivity index (χ3n) is 3.55. The molecule has 0 spiro atoms. The zero-order chi connectivity index (χ0) is 10.8. The largest absolute Gasteiger partial charge is 0.299 e. The Labute approximate surface area is 93.1 Å². The van der Waals surface area contributed by atoms with Crippen molar-refractivity contribution in [1.82, 2.24) is 4.90 Å². The second-order valence-electron chi connectivity index (χ2n) is 4.98. The van der Waals surface area contributed by atoms with Crippen molar-refractivity contribution in [3.05, 3.63) is 35.4 Å². The van der Waals surface area contributed by atoms with E-state index < -0.39 is 0 Å². The molecule has 0 radical (unpaired) electrons. The monoisotopic (exact) mass is 203 g/mol. The number of nitrogens with zero attached hydrogens (tertiary/aromatic N) is 1. The lowest BCUT2D eigenvalue weighted by atomic mass is 10.1. The van der Waals surface area contributed by atoms with Crippen LogP contribution >= 0.6 is 0 Å². The summed E-state index contributed by atoms with van der Waals surface area (Å²) in [5.41, 5.74) is 2.77. The average Bonchev–Trinajstić information content (AvgIpc) is 3.04. The van der Waals surface area contributed by atoms with Crippen molar-refractivity contribution in [2.75, 3.05) is 7.05 Å². The van der Waals surface area contributed by atoms with Crippen molar-refractivity contribution >= 4 is 0 Å². The Morgan fingerprint density at radius 1 is 1.27 bits per heavy atom. The first kappa shape index (κ1) is 10.7. The molecule has 1 aromatic rings. The summed E-state index contributed by atoms with van der Waals surface area (Å²) in [5, 5.41) is 0. The van der Waals surface area contributed by atoms with Gasteiger partial charge in [-0.3, -0.25) is 4.90 Å². The van der Waals surface area contributed by atoms with E-state index in [1.165, 1.54) is 24.0 Å². The van der Waals surface area contributed by atoms with Crippen LogP contribution in [-0.2, 0) is 6.54 Å². The summed E-state index contributed by atoms with van der Waals surface area (Å²) in [7, 11) is 2.24. The molecule has 0 N–H and O–H groups in total. The third kappa shape index (κ3) is 2.82. The van der Waals surface area contributed by atoms with E-state index in [0.717, 1.165) is 18.5 Å². The number of benzene rings is 1. The van der Waals surface area contributed by atoms with Gasteiger partial charge in [-0.25, -0.2) is 0 Å². The Balaban J connectivity index is 1.92. The van der Waals surface area contributed by atoms with Crippen LogP contribution in [0.2, 0.25) is 0 Å². The summed E-state index contributed by atoms with van der Waals surface area (Å²) < 4.78 is 0. The molecule has 2 rings (SSSR count). The highest BCUT2D eigenvalue weighted by molar-refractivity contribution is 5.21.